The Bertz CT molecular complexity index is 962. The second-order valence-electron chi connectivity index (χ2n) is 12.9. The number of hydrogen-bond acceptors (Lipinski definition) is 5. The second kappa shape index (κ2) is 8.75. The molecule has 6 nitrogen and oxygen atoms in total. The van der Waals surface area contributed by atoms with Crippen LogP contribution in [0.25, 0.3) is 0 Å². The molecule has 0 saturated heterocycles. The predicted molar refractivity (Wildman–Crippen MR) is 131 cm³/mol. The number of hydrogen-bond donors (Lipinski definition) is 2. The molecule has 34 heavy (non-hydrogen) atoms. The lowest BCUT2D eigenvalue weighted by Gasteiger charge is -2.57. The predicted octanol–water partition coefficient (Wildman–Crippen LogP) is 4.32. The summed E-state index contributed by atoms with van der Waals surface area (Å²) in [5.74, 6) is 3.65. The molecule has 4 fully saturated rings. The minimum atomic E-state index is -0.484. The van der Waals surface area contributed by atoms with Gasteiger partial charge in [-0.2, -0.15) is 10.4 Å². The summed E-state index contributed by atoms with van der Waals surface area (Å²) in [5, 5.41) is 28.0. The van der Waals surface area contributed by atoms with Crippen LogP contribution in [-0.4, -0.2) is 38.4 Å². The first-order chi connectivity index (χ1) is 16.1. The van der Waals surface area contributed by atoms with Crippen LogP contribution in [0.15, 0.2) is 12.4 Å². The molecular weight excluding hydrogens is 424 g/mol. The summed E-state index contributed by atoms with van der Waals surface area (Å²) >= 11 is 0. The Hall–Kier alpha value is -1.71. The van der Waals surface area contributed by atoms with Gasteiger partial charge in [0.05, 0.1) is 23.9 Å². The molecule has 4 aliphatic rings. The van der Waals surface area contributed by atoms with Crippen molar-refractivity contribution < 1.29 is 9.90 Å². The van der Waals surface area contributed by atoms with Crippen LogP contribution in [0.5, 0.6) is 0 Å². The fourth-order valence-electron chi connectivity index (χ4n) is 9.07. The number of aliphatic hydroxyl groups is 1. The summed E-state index contributed by atoms with van der Waals surface area (Å²) in [4.78, 5) is 13.7. The number of nitrogens with one attached hydrogen (secondary N) is 1. The van der Waals surface area contributed by atoms with Gasteiger partial charge < -0.3 is 10.4 Å². The number of aromatic nitrogens is 2. The fraction of sp³-hybridized carbons (Fsp3) is 0.821. The zero-order valence-electron chi connectivity index (χ0n) is 21.3. The van der Waals surface area contributed by atoms with Gasteiger partial charge in [-0.3, -0.25) is 9.48 Å². The summed E-state index contributed by atoms with van der Waals surface area (Å²) in [6.45, 7) is 9.14. The van der Waals surface area contributed by atoms with Crippen molar-refractivity contribution in [3.63, 3.8) is 0 Å². The van der Waals surface area contributed by atoms with Gasteiger partial charge in [0, 0.05) is 24.2 Å². The zero-order chi connectivity index (χ0) is 24.3. The molecule has 2 N–H and O–H groups in total. The molecule has 0 bridgehead atoms. The van der Waals surface area contributed by atoms with E-state index < -0.39 is 5.60 Å². The van der Waals surface area contributed by atoms with Gasteiger partial charge in [-0.25, -0.2) is 0 Å². The van der Waals surface area contributed by atoms with Crippen LogP contribution in [0.1, 0.15) is 84.6 Å². The quantitative estimate of drug-likeness (QED) is 0.674. The molecule has 0 aliphatic heterocycles. The van der Waals surface area contributed by atoms with Gasteiger partial charge in [0.2, 0.25) is 0 Å². The minimum absolute atomic E-state index is 0.0169. The SMILES string of the molecule is CC(C)NC1C[C@H](C(=O)Cn2cc(C#N)cn2)[C@@]2(C)CC[C@H]3[C@@H](CC[C@@H]4C[C@](C)(O)CC[C@@H]43)[C@H]12. The smallest absolute Gasteiger partial charge is 0.157 e. The molecule has 0 amide bonds. The Kier molecular flexibility index (Phi) is 6.18. The molecule has 0 spiro atoms. The van der Waals surface area contributed by atoms with Crippen molar-refractivity contribution in [1.29, 1.82) is 5.26 Å². The van der Waals surface area contributed by atoms with E-state index in [0.717, 1.165) is 43.9 Å². The Morgan fingerprint density at radius 3 is 2.71 bits per heavy atom. The lowest BCUT2D eigenvalue weighted by Crippen LogP contribution is -2.54. The Balaban J connectivity index is 1.39. The molecule has 4 saturated carbocycles. The molecule has 186 valence electrons. The average Bonchev–Trinajstić information content (AvgIpc) is 3.34. The van der Waals surface area contributed by atoms with E-state index >= 15 is 0 Å². The monoisotopic (exact) mass is 466 g/mol. The third kappa shape index (κ3) is 4.13. The van der Waals surface area contributed by atoms with Crippen molar-refractivity contribution in [2.45, 2.75) is 103 Å². The summed E-state index contributed by atoms with van der Waals surface area (Å²) in [5.41, 5.74) is 0.0384. The van der Waals surface area contributed by atoms with Crippen molar-refractivity contribution in [2.24, 2.45) is 40.9 Å². The first-order valence-electron chi connectivity index (χ1n) is 13.5. The molecule has 0 radical (unpaired) electrons. The number of rotatable bonds is 5. The Morgan fingerprint density at radius 1 is 1.24 bits per heavy atom. The summed E-state index contributed by atoms with van der Waals surface area (Å²) in [6.07, 6.45) is 12.0. The number of ketones is 1. The maximum Gasteiger partial charge on any atom is 0.157 e. The number of fused-ring (bicyclic) bond motifs is 5. The van der Waals surface area contributed by atoms with Crippen molar-refractivity contribution >= 4 is 5.78 Å². The highest BCUT2D eigenvalue weighted by atomic mass is 16.3. The van der Waals surface area contributed by atoms with Gasteiger partial charge in [0.25, 0.3) is 0 Å². The molecule has 9 atom stereocenters. The number of Topliss-reactive ketones (excluding diaryl/α,β-unsaturated/α-hetero) is 1. The summed E-state index contributed by atoms with van der Waals surface area (Å²) < 4.78 is 1.65. The molecule has 1 unspecified atom stereocenters. The van der Waals surface area contributed by atoms with Crippen LogP contribution in [0.3, 0.4) is 0 Å². The fourth-order valence-corrected chi connectivity index (χ4v) is 9.07. The average molecular weight is 467 g/mol. The van der Waals surface area contributed by atoms with E-state index in [-0.39, 0.29) is 23.7 Å². The number of carbonyl (C=O) groups excluding carboxylic acids is 1. The van der Waals surface area contributed by atoms with Crippen LogP contribution < -0.4 is 5.32 Å². The highest BCUT2D eigenvalue weighted by Crippen LogP contribution is 2.64. The van der Waals surface area contributed by atoms with E-state index in [1.807, 2.05) is 6.92 Å². The Labute approximate surface area is 204 Å². The first-order valence-corrected chi connectivity index (χ1v) is 13.5. The summed E-state index contributed by atoms with van der Waals surface area (Å²) in [7, 11) is 0. The van der Waals surface area contributed by atoms with E-state index in [0.29, 0.717) is 35.4 Å². The molecule has 6 heteroatoms. The van der Waals surface area contributed by atoms with Crippen LogP contribution in [-0.2, 0) is 11.3 Å². The van der Waals surface area contributed by atoms with Crippen LogP contribution in [0.2, 0.25) is 0 Å². The van der Waals surface area contributed by atoms with Crippen molar-refractivity contribution in [1.82, 2.24) is 15.1 Å². The molecule has 1 aromatic rings. The minimum Gasteiger partial charge on any atom is -0.390 e. The molecule has 5 rings (SSSR count). The van der Waals surface area contributed by atoms with E-state index in [9.17, 15) is 9.90 Å². The van der Waals surface area contributed by atoms with Gasteiger partial charge in [0.15, 0.2) is 5.78 Å². The molecular formula is C28H42N4O2. The van der Waals surface area contributed by atoms with E-state index in [1.54, 1.807) is 17.1 Å². The maximum atomic E-state index is 13.7. The highest BCUT2D eigenvalue weighted by molar-refractivity contribution is 5.82. The van der Waals surface area contributed by atoms with Crippen molar-refractivity contribution in [3.05, 3.63) is 18.0 Å². The standard InChI is InChI=1S/C28H42N4O2/c1-17(2)31-24-11-23(25(33)16-32-15-18(13-29)14-30-32)28(4)10-8-21-20-7-9-27(3,34)12-19(20)5-6-22(21)26(24)28/h14-15,17,19-24,26,31,34H,5-12,16H2,1-4H3/t19-,20+,21-,22-,23-,24?,26-,27-,28-/m1/s1. The lowest BCUT2D eigenvalue weighted by atomic mass is 9.48. The van der Waals surface area contributed by atoms with Crippen LogP contribution in [0.4, 0.5) is 0 Å². The van der Waals surface area contributed by atoms with Gasteiger partial charge in [0.1, 0.15) is 6.07 Å². The van der Waals surface area contributed by atoms with Gasteiger partial charge in [-0.05, 0) is 93.3 Å². The normalized spacial score (nSPS) is 43.6. The maximum absolute atomic E-state index is 13.7. The van der Waals surface area contributed by atoms with E-state index in [4.69, 9.17) is 5.26 Å². The second-order valence-corrected chi connectivity index (χ2v) is 12.9. The van der Waals surface area contributed by atoms with E-state index in [1.165, 1.54) is 19.3 Å². The van der Waals surface area contributed by atoms with Crippen LogP contribution >= 0.6 is 0 Å². The zero-order valence-corrected chi connectivity index (χ0v) is 21.3. The largest absolute Gasteiger partial charge is 0.390 e. The number of carbonyl (C=O) groups is 1. The molecule has 4 aliphatic carbocycles. The third-order valence-corrected chi connectivity index (χ3v) is 10.3. The van der Waals surface area contributed by atoms with Gasteiger partial charge >= 0.3 is 0 Å². The summed E-state index contributed by atoms with van der Waals surface area (Å²) in [6, 6.07) is 2.88. The van der Waals surface area contributed by atoms with Crippen molar-refractivity contribution in [2.75, 3.05) is 0 Å². The lowest BCUT2D eigenvalue weighted by molar-refractivity contribution is -0.133. The number of nitrogens with zero attached hydrogens (tertiary/aromatic N) is 3. The highest BCUT2D eigenvalue weighted by Gasteiger charge is 2.62. The molecule has 1 aromatic heterocycles. The Morgan fingerprint density at radius 2 is 2.00 bits per heavy atom. The molecule has 0 aromatic carbocycles. The van der Waals surface area contributed by atoms with E-state index in [2.05, 4.69) is 37.3 Å². The van der Waals surface area contributed by atoms with Crippen LogP contribution in [0, 0.1) is 52.3 Å². The topological polar surface area (TPSA) is 90.9 Å². The van der Waals surface area contributed by atoms with Gasteiger partial charge in [-0.1, -0.05) is 20.8 Å². The number of nitriles is 1. The van der Waals surface area contributed by atoms with Gasteiger partial charge in [-0.15, -0.1) is 0 Å². The first kappa shape index (κ1) is 24.0. The van der Waals surface area contributed by atoms with Crippen molar-refractivity contribution in [3.8, 4) is 6.07 Å². The molecule has 1 heterocycles. The third-order valence-electron chi connectivity index (χ3n) is 10.3.